The summed E-state index contributed by atoms with van der Waals surface area (Å²) in [4.78, 5) is 0. The van der Waals surface area contributed by atoms with Crippen LogP contribution >= 0.6 is 12.4 Å². The molecule has 0 fully saturated rings. The summed E-state index contributed by atoms with van der Waals surface area (Å²) in [5.74, 6) is 0.547. The van der Waals surface area contributed by atoms with E-state index in [1.165, 1.54) is 0 Å². The smallest absolute Gasteiger partial charge is 0.127 e. The molecule has 0 heterocycles. The standard InChI is InChI=1S/C16H21NO2.ClH/c1-12(2)17-10-14(18)11-19-16-9-5-7-13-6-3-4-8-15(13)16;/h3-9,12,14,17-18H,10-11H2,1-2H3;1H/t14-;/m1./s1/i1D3,2D3,12D;. The van der Waals surface area contributed by atoms with Crippen molar-refractivity contribution in [1.82, 2.24) is 5.32 Å². The highest BCUT2D eigenvalue weighted by molar-refractivity contribution is 5.88. The minimum absolute atomic E-state index is 0. The molecule has 0 radical (unpaired) electrons. The third-order valence-electron chi connectivity index (χ3n) is 2.70. The molecule has 0 amide bonds. The predicted octanol–water partition coefficient (Wildman–Crippen LogP) is 3.00. The van der Waals surface area contributed by atoms with Crippen molar-refractivity contribution in [2.24, 2.45) is 0 Å². The van der Waals surface area contributed by atoms with Crippen LogP contribution < -0.4 is 10.1 Å². The zero-order chi connectivity index (χ0) is 19.6. The molecule has 0 unspecified atom stereocenters. The van der Waals surface area contributed by atoms with E-state index in [9.17, 15) is 5.11 Å². The Morgan fingerprint density at radius 1 is 1.25 bits per heavy atom. The van der Waals surface area contributed by atoms with Crippen LogP contribution in [0.4, 0.5) is 0 Å². The molecule has 2 N–H and O–H groups in total. The summed E-state index contributed by atoms with van der Waals surface area (Å²) in [5, 5.41) is 14.0. The number of rotatable bonds is 6. The Morgan fingerprint density at radius 3 is 2.80 bits per heavy atom. The molecule has 0 spiro atoms. The first-order valence-electron chi connectivity index (χ1n) is 9.49. The van der Waals surface area contributed by atoms with E-state index < -0.39 is 32.4 Å². The lowest BCUT2D eigenvalue weighted by Crippen LogP contribution is -2.35. The summed E-state index contributed by atoms with van der Waals surface area (Å²) in [5.41, 5.74) is 0. The van der Waals surface area contributed by atoms with Gasteiger partial charge in [-0.1, -0.05) is 50.1 Å². The highest BCUT2D eigenvalue weighted by Crippen LogP contribution is 2.25. The van der Waals surface area contributed by atoms with Gasteiger partial charge in [-0.25, -0.2) is 0 Å². The lowest BCUT2D eigenvalue weighted by molar-refractivity contribution is 0.105. The summed E-state index contributed by atoms with van der Waals surface area (Å²) < 4.78 is 57.4. The number of nitrogens with one attached hydrogen (secondary N) is 1. The fraction of sp³-hybridized carbons (Fsp3) is 0.375. The van der Waals surface area contributed by atoms with E-state index in [1.807, 2.05) is 30.3 Å². The quantitative estimate of drug-likeness (QED) is 0.862. The number of benzene rings is 2. The van der Waals surface area contributed by atoms with Crippen molar-refractivity contribution in [3.05, 3.63) is 42.5 Å². The number of hydrogen-bond donors (Lipinski definition) is 2. The Balaban J connectivity index is 0.00000364. The van der Waals surface area contributed by atoms with Crippen LogP contribution in [0, 0.1) is 0 Å². The monoisotopic (exact) mass is 302 g/mol. The predicted molar refractivity (Wildman–Crippen MR) is 85.8 cm³/mol. The maximum atomic E-state index is 10.0. The van der Waals surface area contributed by atoms with Crippen LogP contribution in [0.5, 0.6) is 5.75 Å². The summed E-state index contributed by atoms with van der Waals surface area (Å²) in [6.07, 6.45) is -1.19. The van der Waals surface area contributed by atoms with E-state index >= 15 is 0 Å². The number of aliphatic hydroxyl groups excluding tert-OH is 1. The topological polar surface area (TPSA) is 41.5 Å². The van der Waals surface area contributed by atoms with Gasteiger partial charge in [0.25, 0.3) is 0 Å². The second-order valence-corrected chi connectivity index (χ2v) is 4.20. The fourth-order valence-corrected chi connectivity index (χ4v) is 1.79. The fourth-order valence-electron chi connectivity index (χ4n) is 1.79. The Hall–Kier alpha value is -1.29. The highest BCUT2D eigenvalue weighted by Gasteiger charge is 2.07. The molecule has 0 aliphatic heterocycles. The molecule has 20 heavy (non-hydrogen) atoms. The first kappa shape index (κ1) is 8.88. The summed E-state index contributed by atoms with van der Waals surface area (Å²) >= 11 is 0. The lowest BCUT2D eigenvalue weighted by Gasteiger charge is -2.15. The lowest BCUT2D eigenvalue weighted by atomic mass is 10.1. The third kappa shape index (κ3) is 4.67. The highest BCUT2D eigenvalue weighted by atomic mass is 35.5. The average Bonchev–Trinajstić information content (AvgIpc) is 2.55. The normalized spacial score (nSPS) is 19.1. The maximum Gasteiger partial charge on any atom is 0.127 e. The van der Waals surface area contributed by atoms with Crippen molar-refractivity contribution in [3.8, 4) is 5.75 Å². The molecule has 0 aliphatic rings. The van der Waals surface area contributed by atoms with E-state index in [1.54, 1.807) is 12.1 Å². The van der Waals surface area contributed by atoms with Gasteiger partial charge >= 0.3 is 0 Å². The molecule has 0 aliphatic carbocycles. The molecule has 2 aromatic carbocycles. The van der Waals surface area contributed by atoms with Crippen LogP contribution in [-0.2, 0) is 0 Å². The Kier molecular flexibility index (Phi) is 3.60. The second kappa shape index (κ2) is 8.10. The van der Waals surface area contributed by atoms with Crippen molar-refractivity contribution >= 4 is 23.2 Å². The van der Waals surface area contributed by atoms with Crippen molar-refractivity contribution in [1.29, 1.82) is 0 Å². The van der Waals surface area contributed by atoms with Gasteiger partial charge in [-0.05, 0) is 11.5 Å². The number of ether oxygens (including phenoxy) is 1. The van der Waals surface area contributed by atoms with Gasteiger partial charge in [-0.15, -0.1) is 12.4 Å². The molecular weight excluding hydrogens is 274 g/mol. The number of halogens is 1. The zero-order valence-corrected chi connectivity index (χ0v) is 11.6. The van der Waals surface area contributed by atoms with Crippen LogP contribution in [0.3, 0.4) is 0 Å². The minimum atomic E-state index is -3.09. The molecular formula is C16H22ClNO2. The number of hydrogen-bond acceptors (Lipinski definition) is 3. The Morgan fingerprint density at radius 2 is 2.00 bits per heavy atom. The molecule has 1 atom stereocenters. The van der Waals surface area contributed by atoms with Crippen LogP contribution in [0.1, 0.15) is 23.3 Å². The first-order chi connectivity index (χ1) is 12.0. The van der Waals surface area contributed by atoms with Gasteiger partial charge in [0, 0.05) is 27.5 Å². The van der Waals surface area contributed by atoms with Crippen molar-refractivity contribution in [3.63, 3.8) is 0 Å². The van der Waals surface area contributed by atoms with E-state index in [-0.39, 0.29) is 19.0 Å². The van der Waals surface area contributed by atoms with Gasteiger partial charge in [-0.2, -0.15) is 0 Å². The maximum absolute atomic E-state index is 10.0. The Labute approximate surface area is 136 Å². The van der Waals surface area contributed by atoms with E-state index in [4.69, 9.17) is 14.3 Å². The second-order valence-electron chi connectivity index (χ2n) is 4.20. The Bertz CT molecular complexity index is 732. The molecule has 2 aromatic rings. The molecule has 0 saturated heterocycles. The first-order valence-corrected chi connectivity index (χ1v) is 5.99. The van der Waals surface area contributed by atoms with Gasteiger partial charge in [-0.3, -0.25) is 0 Å². The molecule has 0 bridgehead atoms. The van der Waals surface area contributed by atoms with E-state index in [0.29, 0.717) is 5.75 Å². The molecule has 3 nitrogen and oxygen atoms in total. The van der Waals surface area contributed by atoms with E-state index in [2.05, 4.69) is 5.32 Å². The van der Waals surface area contributed by atoms with Crippen molar-refractivity contribution in [2.45, 2.75) is 25.8 Å². The minimum Gasteiger partial charge on any atom is -0.490 e. The van der Waals surface area contributed by atoms with Gasteiger partial charge in [0.2, 0.25) is 0 Å². The molecule has 2 rings (SSSR count). The van der Waals surface area contributed by atoms with E-state index in [0.717, 1.165) is 10.8 Å². The largest absolute Gasteiger partial charge is 0.490 e. The molecule has 0 saturated carbocycles. The molecule has 110 valence electrons. The van der Waals surface area contributed by atoms with Crippen molar-refractivity contribution < 1.29 is 19.4 Å². The van der Waals surface area contributed by atoms with Crippen LogP contribution in [0.25, 0.3) is 10.8 Å². The van der Waals surface area contributed by atoms with Crippen LogP contribution in [0.15, 0.2) is 42.5 Å². The van der Waals surface area contributed by atoms with Crippen LogP contribution in [-0.4, -0.2) is 30.4 Å². The van der Waals surface area contributed by atoms with Gasteiger partial charge in [0.15, 0.2) is 0 Å². The molecule has 4 heteroatoms. The summed E-state index contributed by atoms with van der Waals surface area (Å²) in [6, 6.07) is 10.1. The zero-order valence-electron chi connectivity index (χ0n) is 17.8. The van der Waals surface area contributed by atoms with Crippen molar-refractivity contribution in [2.75, 3.05) is 13.2 Å². The summed E-state index contributed by atoms with van der Waals surface area (Å²) in [6.45, 7) is -6.77. The van der Waals surface area contributed by atoms with Gasteiger partial charge in [0.1, 0.15) is 18.5 Å². The SMILES string of the molecule is Cl.[2H]C([2H])([2H])C([2H])(NC[C@@H](O)COc1cccc2ccccc12)C([2H])([2H])[2H]. The van der Waals surface area contributed by atoms with Crippen LogP contribution in [0.2, 0.25) is 0 Å². The summed E-state index contributed by atoms with van der Waals surface area (Å²) in [7, 11) is 0. The number of aliphatic hydroxyl groups is 1. The van der Waals surface area contributed by atoms with Gasteiger partial charge < -0.3 is 15.2 Å². The average molecular weight is 303 g/mol. The third-order valence-corrected chi connectivity index (χ3v) is 2.70. The number of fused-ring (bicyclic) bond motifs is 1. The molecule has 0 aromatic heterocycles. The van der Waals surface area contributed by atoms with Gasteiger partial charge in [0.05, 0.1) is 0 Å².